The summed E-state index contributed by atoms with van der Waals surface area (Å²) in [6.07, 6.45) is 2.57. The number of piperazine rings is 1. The summed E-state index contributed by atoms with van der Waals surface area (Å²) in [4.78, 5) is 72.6. The van der Waals surface area contributed by atoms with Gasteiger partial charge in [-0.1, -0.05) is 29.3 Å². The summed E-state index contributed by atoms with van der Waals surface area (Å²) >= 11 is 12.7. The third-order valence-corrected chi connectivity index (χ3v) is 11.7. The summed E-state index contributed by atoms with van der Waals surface area (Å²) in [6.45, 7) is 4.96. The Morgan fingerprint density at radius 2 is 1.60 bits per heavy atom. The lowest BCUT2D eigenvalue weighted by Crippen LogP contribution is -2.54. The van der Waals surface area contributed by atoms with E-state index in [4.69, 9.17) is 51.6 Å². The first kappa shape index (κ1) is 46.8. The van der Waals surface area contributed by atoms with Crippen molar-refractivity contribution >= 4 is 75.0 Å². The number of imide groups is 2. The smallest absolute Gasteiger partial charge is 0.266 e. The molecule has 3 aliphatic rings. The van der Waals surface area contributed by atoms with Crippen LogP contribution in [-0.2, 0) is 23.9 Å². The summed E-state index contributed by atoms with van der Waals surface area (Å²) in [6, 6.07) is 12.5. The molecule has 2 N–H and O–H groups in total. The van der Waals surface area contributed by atoms with Crippen molar-refractivity contribution in [2.45, 2.75) is 31.7 Å². The van der Waals surface area contributed by atoms with E-state index in [1.54, 1.807) is 43.5 Å². The lowest BCUT2D eigenvalue weighted by atomic mass is 10.0. The number of nitriles is 1. The Morgan fingerprint density at radius 1 is 0.862 bits per heavy atom. The van der Waals surface area contributed by atoms with Crippen LogP contribution in [0.3, 0.4) is 0 Å². The molecule has 20 heteroatoms. The summed E-state index contributed by atoms with van der Waals surface area (Å²) in [5.74, 6) is -0.742. The first-order chi connectivity index (χ1) is 31.5. The number of nitrogens with zero attached hydrogens (tertiary/aromatic N) is 5. The second kappa shape index (κ2) is 21.6. The molecule has 0 saturated carbocycles. The average molecular weight is 933 g/mol. The SMILES string of the molecule is COc1cc(Nc2c(C#N)cnc3cc(OCCCN4CCN(C(=O)CCOCCOCCOc5cccc6c5C(=O)N(C5CCC(=O)NC5=O)C6=O)CC4)c(OC)cc23)c(Cl)cc1Cl. The van der Waals surface area contributed by atoms with Gasteiger partial charge in [0.15, 0.2) is 11.5 Å². The van der Waals surface area contributed by atoms with Crippen LogP contribution >= 0.6 is 23.2 Å². The van der Waals surface area contributed by atoms with Gasteiger partial charge in [0.05, 0.1) is 97.3 Å². The van der Waals surface area contributed by atoms with Crippen molar-refractivity contribution < 1.29 is 52.4 Å². The standard InChI is InChI=1S/C45H47Cl2N7O11/c1-60-36-24-33(30(46)22-31(36)47)50-42-27(25-48)26-49-32-23-38(37(61-2)21-29(32)42)64-15-4-10-52-11-13-53(14-12-52)40(56)9-16-62-17-18-63-19-20-65-35-6-3-5-28-41(35)45(59)54(44(28)58)34-7-8-39(55)51-43(34)57/h3,5-6,21-24,26,34H,4,7-20H2,1-2H3,(H,49,50)(H,51,55,57). The number of piperidine rings is 1. The molecule has 7 rings (SSSR count). The lowest BCUT2D eigenvalue weighted by molar-refractivity contribution is -0.136. The van der Waals surface area contributed by atoms with Gasteiger partial charge in [0.1, 0.15) is 30.2 Å². The van der Waals surface area contributed by atoms with Gasteiger partial charge in [0.25, 0.3) is 11.8 Å². The predicted octanol–water partition coefficient (Wildman–Crippen LogP) is 4.99. The van der Waals surface area contributed by atoms with Gasteiger partial charge in [0.2, 0.25) is 17.7 Å². The van der Waals surface area contributed by atoms with Gasteiger partial charge >= 0.3 is 0 Å². The average Bonchev–Trinajstić information content (AvgIpc) is 3.56. The number of pyridine rings is 1. The van der Waals surface area contributed by atoms with Gasteiger partial charge in [-0.2, -0.15) is 5.26 Å². The maximum atomic E-state index is 13.2. The number of carbonyl (C=O) groups is 5. The molecule has 0 radical (unpaired) electrons. The van der Waals surface area contributed by atoms with E-state index in [1.807, 2.05) is 4.90 Å². The number of benzene rings is 3. The minimum absolute atomic E-state index is 0.0233. The zero-order valence-corrected chi connectivity index (χ0v) is 37.3. The number of amides is 5. The minimum Gasteiger partial charge on any atom is -0.495 e. The van der Waals surface area contributed by atoms with Crippen molar-refractivity contribution in [3.63, 3.8) is 0 Å². The molecule has 1 aromatic heterocycles. The normalized spacial score (nSPS) is 16.3. The Balaban J connectivity index is 0.774. The van der Waals surface area contributed by atoms with E-state index in [-0.39, 0.29) is 75.1 Å². The van der Waals surface area contributed by atoms with E-state index in [1.165, 1.54) is 19.4 Å². The summed E-state index contributed by atoms with van der Waals surface area (Å²) in [5, 5.41) is 16.6. The number of rotatable bonds is 20. The Kier molecular flexibility index (Phi) is 15.6. The van der Waals surface area contributed by atoms with Crippen LogP contribution < -0.4 is 29.6 Å². The zero-order chi connectivity index (χ0) is 46.0. The molecule has 18 nitrogen and oxygen atoms in total. The number of hydrogen-bond acceptors (Lipinski definition) is 15. The fourth-order valence-corrected chi connectivity index (χ4v) is 8.26. The van der Waals surface area contributed by atoms with Gasteiger partial charge in [-0.25, -0.2) is 0 Å². The molecule has 0 bridgehead atoms. The van der Waals surface area contributed by atoms with Crippen molar-refractivity contribution in [3.05, 3.63) is 75.4 Å². The van der Waals surface area contributed by atoms with Gasteiger partial charge < -0.3 is 38.6 Å². The van der Waals surface area contributed by atoms with Gasteiger partial charge in [-0.3, -0.25) is 44.1 Å². The molecule has 1 unspecified atom stereocenters. The summed E-state index contributed by atoms with van der Waals surface area (Å²) in [5.41, 5.74) is 2.08. The van der Waals surface area contributed by atoms with Crippen LogP contribution in [0.25, 0.3) is 10.9 Å². The van der Waals surface area contributed by atoms with Crippen LogP contribution in [0.5, 0.6) is 23.0 Å². The molecule has 1 atom stereocenters. The van der Waals surface area contributed by atoms with Crippen molar-refractivity contribution in [1.82, 2.24) is 25.0 Å². The molecule has 0 aliphatic carbocycles. The highest BCUT2D eigenvalue weighted by molar-refractivity contribution is 6.37. The topological polar surface area (TPSA) is 211 Å². The van der Waals surface area contributed by atoms with Crippen molar-refractivity contribution in [2.75, 3.05) is 91.9 Å². The number of halogens is 2. The number of hydrogen-bond donors (Lipinski definition) is 2. The third-order valence-electron chi connectivity index (χ3n) is 11.1. The quantitative estimate of drug-likeness (QED) is 0.0883. The molecule has 2 fully saturated rings. The fraction of sp³-hybridized carbons (Fsp3) is 0.400. The predicted molar refractivity (Wildman–Crippen MR) is 237 cm³/mol. The first-order valence-electron chi connectivity index (χ1n) is 21.0. The van der Waals surface area contributed by atoms with E-state index in [0.717, 1.165) is 31.0 Å². The van der Waals surface area contributed by atoms with Crippen LogP contribution in [0.2, 0.25) is 10.0 Å². The Hall–Kier alpha value is -6.23. The number of fused-ring (bicyclic) bond motifs is 2. The van der Waals surface area contributed by atoms with E-state index in [2.05, 4.69) is 26.6 Å². The molecular weight excluding hydrogens is 885 g/mol. The molecule has 3 aliphatic heterocycles. The van der Waals surface area contributed by atoms with E-state index >= 15 is 0 Å². The number of nitrogens with one attached hydrogen (secondary N) is 2. The Morgan fingerprint density at radius 3 is 2.34 bits per heavy atom. The number of aromatic nitrogens is 1. The summed E-state index contributed by atoms with van der Waals surface area (Å²) in [7, 11) is 3.05. The number of carbonyl (C=O) groups excluding carboxylic acids is 5. The molecule has 5 amide bonds. The molecule has 2 saturated heterocycles. The van der Waals surface area contributed by atoms with Gasteiger partial charge in [0, 0.05) is 62.9 Å². The molecule has 4 aromatic rings. The van der Waals surface area contributed by atoms with Crippen LogP contribution in [-0.4, -0.2) is 142 Å². The zero-order valence-electron chi connectivity index (χ0n) is 35.8. The summed E-state index contributed by atoms with van der Waals surface area (Å²) < 4.78 is 34.2. The van der Waals surface area contributed by atoms with Crippen molar-refractivity contribution in [2.24, 2.45) is 0 Å². The van der Waals surface area contributed by atoms with Crippen LogP contribution in [0.15, 0.2) is 48.7 Å². The van der Waals surface area contributed by atoms with Crippen molar-refractivity contribution in [1.29, 1.82) is 5.26 Å². The molecular formula is C45H47Cl2N7O11. The number of methoxy groups -OCH3 is 2. The molecule has 65 heavy (non-hydrogen) atoms. The highest BCUT2D eigenvalue weighted by atomic mass is 35.5. The second-order valence-electron chi connectivity index (χ2n) is 15.1. The first-order valence-corrected chi connectivity index (χ1v) is 21.7. The second-order valence-corrected chi connectivity index (χ2v) is 16.0. The highest BCUT2D eigenvalue weighted by Gasteiger charge is 2.46. The Bertz CT molecular complexity index is 2510. The fourth-order valence-electron chi connectivity index (χ4n) is 7.75. The van der Waals surface area contributed by atoms with E-state index < -0.39 is 29.7 Å². The molecule has 342 valence electrons. The third kappa shape index (κ3) is 10.8. The van der Waals surface area contributed by atoms with Crippen LogP contribution in [0, 0.1) is 11.3 Å². The molecule has 0 spiro atoms. The van der Waals surface area contributed by atoms with E-state index in [9.17, 15) is 29.2 Å². The molecule has 4 heterocycles. The van der Waals surface area contributed by atoms with Crippen molar-refractivity contribution in [3.8, 4) is 29.1 Å². The Labute approximate surface area is 384 Å². The molecule has 3 aromatic carbocycles. The maximum Gasteiger partial charge on any atom is 0.266 e. The maximum absolute atomic E-state index is 13.2. The number of anilines is 2. The monoisotopic (exact) mass is 931 g/mol. The van der Waals surface area contributed by atoms with Crippen LogP contribution in [0.4, 0.5) is 11.4 Å². The highest BCUT2D eigenvalue weighted by Crippen LogP contribution is 2.41. The largest absolute Gasteiger partial charge is 0.495 e. The number of ether oxygens (including phenoxy) is 6. The van der Waals surface area contributed by atoms with Gasteiger partial charge in [-0.05, 0) is 37.1 Å². The van der Waals surface area contributed by atoms with Gasteiger partial charge in [-0.15, -0.1) is 0 Å². The van der Waals surface area contributed by atoms with Crippen LogP contribution in [0.1, 0.15) is 52.0 Å². The lowest BCUT2D eigenvalue weighted by Gasteiger charge is -2.34. The van der Waals surface area contributed by atoms with E-state index in [0.29, 0.717) is 74.8 Å². The minimum atomic E-state index is -1.06.